The fourth-order valence-electron chi connectivity index (χ4n) is 6.68. The molecule has 0 saturated carbocycles. The first kappa shape index (κ1) is 30.4. The summed E-state index contributed by atoms with van der Waals surface area (Å²) in [4.78, 5) is 56.6. The molecule has 6 atom stereocenters. The molecule has 1 aromatic heterocycles. The number of β-amino-alcohol motifs (C(OH)–C–C–N with tert-alkyl or cyclic N) is 1. The maximum absolute atomic E-state index is 14.3. The summed E-state index contributed by atoms with van der Waals surface area (Å²) in [5.41, 5.74) is 0.167. The van der Waals surface area contributed by atoms with Crippen molar-refractivity contribution in [3.8, 4) is 0 Å². The molecule has 3 aliphatic heterocycles. The molecular weight excluding hydrogens is 556 g/mol. The Morgan fingerprint density at radius 2 is 2.09 bits per heavy atom. The molecule has 5 rings (SSSR count). The van der Waals surface area contributed by atoms with Crippen LogP contribution in [0.4, 0.5) is 0 Å². The lowest BCUT2D eigenvalue weighted by molar-refractivity contribution is -0.159. The summed E-state index contributed by atoms with van der Waals surface area (Å²) in [6.07, 6.45) is 3.71. The molecule has 0 aliphatic carbocycles. The van der Waals surface area contributed by atoms with Gasteiger partial charge in [0, 0.05) is 19.5 Å². The number of likely N-dealkylation sites (tertiary alicyclic amines) is 1. The van der Waals surface area contributed by atoms with Gasteiger partial charge in [-0.15, -0.1) is 18.3 Å². The Labute approximate surface area is 249 Å². The lowest BCUT2D eigenvalue weighted by Gasteiger charge is -2.36. The topological polar surface area (TPSA) is 156 Å². The first-order valence-electron chi connectivity index (χ1n) is 14.6. The van der Waals surface area contributed by atoms with Gasteiger partial charge >= 0.3 is 5.97 Å². The van der Waals surface area contributed by atoms with Gasteiger partial charge in [-0.05, 0) is 38.3 Å². The third kappa shape index (κ3) is 5.54. The number of hydrogen-bond acceptors (Lipinski definition) is 9. The maximum Gasteiger partial charge on any atom is 0.312 e. The van der Waals surface area contributed by atoms with E-state index in [4.69, 9.17) is 9.47 Å². The van der Waals surface area contributed by atoms with Crippen LogP contribution in [0.25, 0.3) is 11.0 Å². The second kappa shape index (κ2) is 12.6. The number of aliphatic hydroxyl groups is 1. The maximum atomic E-state index is 14.3. The minimum Gasteiger partial charge on any atom is -0.460 e. The Morgan fingerprint density at radius 3 is 2.84 bits per heavy atom. The summed E-state index contributed by atoms with van der Waals surface area (Å²) in [5.74, 6) is -3.45. The molecule has 13 heteroatoms. The van der Waals surface area contributed by atoms with Gasteiger partial charge in [0.1, 0.15) is 29.9 Å². The van der Waals surface area contributed by atoms with E-state index in [1.165, 1.54) is 9.80 Å². The number of esters is 1. The Morgan fingerprint density at radius 1 is 1.30 bits per heavy atom. The molecule has 3 aliphatic rings. The van der Waals surface area contributed by atoms with Crippen molar-refractivity contribution in [1.29, 1.82) is 0 Å². The number of carbonyl (C=O) groups is 4. The van der Waals surface area contributed by atoms with E-state index in [9.17, 15) is 24.3 Å². The van der Waals surface area contributed by atoms with Crippen LogP contribution in [0.2, 0.25) is 0 Å². The molecule has 2 N–H and O–H groups in total. The van der Waals surface area contributed by atoms with Crippen LogP contribution >= 0.6 is 0 Å². The van der Waals surface area contributed by atoms with Crippen molar-refractivity contribution in [2.24, 2.45) is 11.8 Å². The first-order valence-corrected chi connectivity index (χ1v) is 14.6. The van der Waals surface area contributed by atoms with Crippen LogP contribution in [0.5, 0.6) is 0 Å². The smallest absolute Gasteiger partial charge is 0.312 e. The molecule has 2 aromatic rings. The van der Waals surface area contributed by atoms with E-state index in [1.807, 2.05) is 24.3 Å². The van der Waals surface area contributed by atoms with Gasteiger partial charge in [-0.2, -0.15) is 0 Å². The molecule has 2 bridgehead atoms. The molecule has 3 saturated heterocycles. The van der Waals surface area contributed by atoms with Crippen molar-refractivity contribution >= 4 is 34.7 Å². The first-order chi connectivity index (χ1) is 20.7. The highest BCUT2D eigenvalue weighted by molar-refractivity contribution is 5.98. The zero-order chi connectivity index (χ0) is 30.7. The number of nitrogens with one attached hydrogen (secondary N) is 1. The van der Waals surface area contributed by atoms with Crippen LogP contribution in [0, 0.1) is 11.8 Å². The summed E-state index contributed by atoms with van der Waals surface area (Å²) in [6, 6.07) is 6.31. The van der Waals surface area contributed by atoms with Crippen molar-refractivity contribution in [3.63, 3.8) is 0 Å². The summed E-state index contributed by atoms with van der Waals surface area (Å²) < 4.78 is 13.7. The number of fused-ring (bicyclic) bond motifs is 2. The number of ether oxygens (including phenoxy) is 2. The van der Waals surface area contributed by atoms with Gasteiger partial charge in [0.25, 0.3) is 0 Å². The largest absolute Gasteiger partial charge is 0.460 e. The summed E-state index contributed by atoms with van der Waals surface area (Å²) >= 11 is 0. The van der Waals surface area contributed by atoms with E-state index >= 15 is 0 Å². The van der Waals surface area contributed by atoms with E-state index < -0.39 is 53.5 Å². The number of para-hydroxylation sites is 1. The highest BCUT2D eigenvalue weighted by Crippen LogP contribution is 2.58. The number of hydrogen-bond donors (Lipinski definition) is 2. The normalized spacial score (nSPS) is 26.3. The van der Waals surface area contributed by atoms with Crippen LogP contribution in [0.3, 0.4) is 0 Å². The third-order valence-corrected chi connectivity index (χ3v) is 8.51. The lowest BCUT2D eigenvalue weighted by atomic mass is 9.70. The molecule has 1 aromatic carbocycles. The van der Waals surface area contributed by atoms with Crippen LogP contribution < -0.4 is 5.32 Å². The monoisotopic (exact) mass is 594 g/mol. The molecule has 1 spiro atoms. The van der Waals surface area contributed by atoms with Gasteiger partial charge < -0.3 is 29.7 Å². The number of aliphatic hydroxyl groups excluding tert-OH is 1. The number of benzene rings is 1. The quantitative estimate of drug-likeness (QED) is 0.238. The second-order valence-electron chi connectivity index (χ2n) is 11.3. The lowest BCUT2D eigenvalue weighted by Crippen LogP contribution is -2.56. The zero-order valence-electron chi connectivity index (χ0n) is 24.3. The van der Waals surface area contributed by atoms with Crippen LogP contribution in [-0.2, 0) is 35.3 Å². The Bertz CT molecular complexity index is 1410. The minimum absolute atomic E-state index is 0.0503. The van der Waals surface area contributed by atoms with Crippen molar-refractivity contribution in [2.75, 3.05) is 26.2 Å². The highest BCUT2D eigenvalue weighted by atomic mass is 16.6. The molecule has 3 fully saturated rings. The molecule has 230 valence electrons. The number of allylic oxidation sites excluding steroid dienone is 1. The van der Waals surface area contributed by atoms with E-state index in [1.54, 1.807) is 23.8 Å². The van der Waals surface area contributed by atoms with Crippen molar-refractivity contribution in [2.45, 2.75) is 63.1 Å². The molecule has 13 nitrogen and oxygen atoms in total. The molecule has 3 amide bonds. The molecular formula is C30H38N6O7. The summed E-state index contributed by atoms with van der Waals surface area (Å²) in [7, 11) is 0. The van der Waals surface area contributed by atoms with Gasteiger partial charge in [0.05, 0.1) is 36.6 Å². The van der Waals surface area contributed by atoms with Gasteiger partial charge in [0.15, 0.2) is 0 Å². The molecule has 43 heavy (non-hydrogen) atoms. The van der Waals surface area contributed by atoms with E-state index in [0.717, 1.165) is 5.52 Å². The molecule has 0 radical (unpaired) electrons. The van der Waals surface area contributed by atoms with Crippen LogP contribution in [0.1, 0.15) is 32.6 Å². The van der Waals surface area contributed by atoms with Crippen molar-refractivity contribution in [3.05, 3.63) is 49.6 Å². The average Bonchev–Trinajstić information content (AvgIpc) is 3.74. The predicted octanol–water partition coefficient (Wildman–Crippen LogP) is 0.784. The van der Waals surface area contributed by atoms with E-state index in [-0.39, 0.29) is 45.2 Å². The van der Waals surface area contributed by atoms with E-state index in [0.29, 0.717) is 24.8 Å². The number of carbonyl (C=O) groups excluding carboxylic acids is 4. The van der Waals surface area contributed by atoms with Gasteiger partial charge in [-0.25, -0.2) is 4.68 Å². The average molecular weight is 595 g/mol. The highest BCUT2D eigenvalue weighted by Gasteiger charge is 2.75. The standard InChI is InChI=1S/C30H38N6O7/c1-4-6-11-23(38)31-17-19(3)42-29(41)24-22-12-13-30(43-22)25(24)27(39)35(15-16-37)26(30)28(40)34(14-5-2)18-36-21-10-8-7-9-20(21)32-33-36/h4-5,7-10,19,22,24-26,37H,1-2,6,11-18H2,3H3,(H,31,38)/t19-,22+,24-,25-,26+,30-/m1/s1. The van der Waals surface area contributed by atoms with Crippen LogP contribution in [0.15, 0.2) is 49.6 Å². The molecule has 0 unspecified atom stereocenters. The van der Waals surface area contributed by atoms with Crippen molar-refractivity contribution < 1.29 is 33.8 Å². The predicted molar refractivity (Wildman–Crippen MR) is 154 cm³/mol. The zero-order valence-corrected chi connectivity index (χ0v) is 24.3. The minimum atomic E-state index is -1.25. The number of rotatable bonds is 14. The number of aromatic nitrogens is 3. The Kier molecular flexibility index (Phi) is 8.92. The summed E-state index contributed by atoms with van der Waals surface area (Å²) in [6.45, 7) is 8.94. The van der Waals surface area contributed by atoms with Gasteiger partial charge in [-0.1, -0.05) is 29.5 Å². The van der Waals surface area contributed by atoms with E-state index in [2.05, 4.69) is 28.8 Å². The number of amides is 3. The second-order valence-corrected chi connectivity index (χ2v) is 11.3. The van der Waals surface area contributed by atoms with Gasteiger partial charge in [-0.3, -0.25) is 19.2 Å². The van der Waals surface area contributed by atoms with Crippen molar-refractivity contribution in [1.82, 2.24) is 30.1 Å². The number of nitrogens with zero attached hydrogens (tertiary/aromatic N) is 5. The Balaban J connectivity index is 1.37. The fraction of sp³-hybridized carbons (Fsp3) is 0.533. The fourth-order valence-corrected chi connectivity index (χ4v) is 6.68. The Hall–Kier alpha value is -4.10. The summed E-state index contributed by atoms with van der Waals surface area (Å²) in [5, 5.41) is 21.0. The van der Waals surface area contributed by atoms with Crippen LogP contribution in [-0.4, -0.2) is 104 Å². The SMILES string of the molecule is C=CCCC(=O)NC[C@@H](C)OC(=O)[C@@H]1[C@@H]2CC[C@]3(O2)[C@H](C(=O)N(CC=C)Cn2nnc4ccccc42)N(CCO)C(=O)[C@@H]13. The van der Waals surface area contributed by atoms with Gasteiger partial charge in [0.2, 0.25) is 17.7 Å². The third-order valence-electron chi connectivity index (χ3n) is 8.51. The molecule has 4 heterocycles.